The molecule has 0 fully saturated rings. The van der Waals surface area contributed by atoms with Crippen LogP contribution in [0.4, 0.5) is 0 Å². The van der Waals surface area contributed by atoms with Crippen LogP contribution in [0.15, 0.2) is 205 Å². The highest BCUT2D eigenvalue weighted by atomic mass is 16.5. The van der Waals surface area contributed by atoms with Gasteiger partial charge in [0, 0.05) is 33.1 Å². The van der Waals surface area contributed by atoms with Crippen molar-refractivity contribution < 1.29 is 9.15 Å². The van der Waals surface area contributed by atoms with E-state index in [-0.39, 0.29) is 23.7 Å². The quantitative estimate of drug-likeness (QED) is 0.114. The molecule has 0 N–H and O–H groups in total. The van der Waals surface area contributed by atoms with Gasteiger partial charge in [-0.25, -0.2) is 9.97 Å². The molecule has 0 atom stereocenters. The summed E-state index contributed by atoms with van der Waals surface area (Å²) in [5.74, 6) is 3.78. The Balaban J connectivity index is 1.01. The fraction of sp³-hybridized carbons (Fsp3) is 0.182. The van der Waals surface area contributed by atoms with Crippen LogP contribution in [0.2, 0.25) is 0 Å². The number of imidazole rings is 2. The van der Waals surface area contributed by atoms with Crippen molar-refractivity contribution in [3.05, 3.63) is 234 Å². The highest BCUT2D eigenvalue weighted by Crippen LogP contribution is 2.48. The third-order valence-electron chi connectivity index (χ3n) is 17.0. The highest BCUT2D eigenvalue weighted by molar-refractivity contribution is 6.25. The number of aryl methyl sites for hydroxylation is 2. The van der Waals surface area contributed by atoms with Crippen LogP contribution >= 0.6 is 0 Å². The molecule has 0 saturated carbocycles. The summed E-state index contributed by atoms with van der Waals surface area (Å²) in [5, 5.41) is 6.47. The van der Waals surface area contributed by atoms with Crippen molar-refractivity contribution in [3.63, 3.8) is 0 Å². The predicted molar refractivity (Wildman–Crippen MR) is 350 cm³/mol. The molecule has 0 aliphatic rings. The number of benzene rings is 10. The Morgan fingerprint density at radius 3 is 1.46 bits per heavy atom. The van der Waals surface area contributed by atoms with E-state index in [0.717, 1.165) is 105 Å². The number of nitrogens with zero attached hydrogens (tertiary/aromatic N) is 5. The second kappa shape index (κ2) is 20.7. The van der Waals surface area contributed by atoms with Gasteiger partial charge in [0.1, 0.15) is 34.3 Å². The van der Waals surface area contributed by atoms with Gasteiger partial charge in [-0.2, -0.15) is 0 Å². The molecule has 0 radical (unpaired) electrons. The normalized spacial score (nSPS) is 12.1. The molecule has 0 unspecified atom stereocenters. The number of furan rings is 1. The van der Waals surface area contributed by atoms with E-state index in [1.54, 1.807) is 0 Å². The Bertz CT molecular complexity index is 4840. The molecule has 4 aromatic heterocycles. The summed E-state index contributed by atoms with van der Waals surface area (Å²) in [4.78, 5) is 16.1. The van der Waals surface area contributed by atoms with Gasteiger partial charge in [0.05, 0.1) is 39.0 Å². The van der Waals surface area contributed by atoms with E-state index in [1.165, 1.54) is 50.2 Å². The smallest absolute Gasteiger partial charge is 0.149 e. The van der Waals surface area contributed by atoms with Gasteiger partial charge in [0.2, 0.25) is 0 Å². The minimum absolute atomic E-state index is 0.182. The Kier molecular flexibility index (Phi) is 12.9. The third-order valence-corrected chi connectivity index (χ3v) is 17.0. The zero-order valence-electron chi connectivity index (χ0n) is 49.4. The molecule has 0 aliphatic carbocycles. The van der Waals surface area contributed by atoms with Crippen molar-refractivity contribution in [1.82, 2.24) is 24.1 Å². The van der Waals surface area contributed by atoms with Crippen molar-refractivity contribution >= 4 is 65.6 Å². The average molecular weight is 1090 g/mol. The van der Waals surface area contributed by atoms with Crippen LogP contribution in [-0.4, -0.2) is 24.1 Å². The molecule has 7 nitrogen and oxygen atoms in total. The summed E-state index contributed by atoms with van der Waals surface area (Å²) in [6.07, 6.45) is 0. The molecule has 4 heterocycles. The Morgan fingerprint density at radius 1 is 0.393 bits per heavy atom. The van der Waals surface area contributed by atoms with Crippen molar-refractivity contribution in [2.75, 3.05) is 0 Å². The lowest BCUT2D eigenvalue weighted by Crippen LogP contribution is -2.09. The predicted octanol–water partition coefficient (Wildman–Crippen LogP) is 21.5. The number of hydrogen-bond acceptors (Lipinski definition) is 5. The monoisotopic (exact) mass is 1090 g/mol. The molecule has 10 aromatic carbocycles. The van der Waals surface area contributed by atoms with E-state index in [4.69, 9.17) is 24.1 Å². The molecule has 0 spiro atoms. The van der Waals surface area contributed by atoms with Crippen molar-refractivity contribution in [3.8, 4) is 67.9 Å². The molecule has 14 rings (SSSR count). The Morgan fingerprint density at radius 2 is 0.893 bits per heavy atom. The van der Waals surface area contributed by atoms with E-state index in [0.29, 0.717) is 11.5 Å². The van der Waals surface area contributed by atoms with Gasteiger partial charge in [-0.1, -0.05) is 165 Å². The molecule has 0 saturated heterocycles. The first-order chi connectivity index (χ1) is 40.8. The van der Waals surface area contributed by atoms with Gasteiger partial charge >= 0.3 is 0 Å². The lowest BCUT2D eigenvalue weighted by Gasteiger charge is -2.24. The lowest BCUT2D eigenvalue weighted by atomic mass is 9.88. The highest BCUT2D eigenvalue weighted by Gasteiger charge is 2.29. The number of ether oxygens (including phenoxy) is 1. The number of fused-ring (bicyclic) bond motifs is 9. The summed E-state index contributed by atoms with van der Waals surface area (Å²) >= 11 is 0. The fourth-order valence-corrected chi connectivity index (χ4v) is 13.0. The van der Waals surface area contributed by atoms with Crippen LogP contribution in [0.5, 0.6) is 11.5 Å². The topological polar surface area (TPSA) is 70.9 Å². The van der Waals surface area contributed by atoms with Gasteiger partial charge in [-0.15, -0.1) is 0 Å². The second-order valence-corrected chi connectivity index (χ2v) is 24.0. The van der Waals surface area contributed by atoms with Gasteiger partial charge in [-0.05, 0) is 189 Å². The summed E-state index contributed by atoms with van der Waals surface area (Å²) in [5.41, 5.74) is 21.3. The Labute approximate surface area is 490 Å². The molecule has 412 valence electrons. The van der Waals surface area contributed by atoms with Crippen LogP contribution in [0.1, 0.15) is 113 Å². The summed E-state index contributed by atoms with van der Waals surface area (Å²) in [7, 11) is 0. The maximum atomic E-state index is 7.33. The largest absolute Gasteiger partial charge is 0.457 e. The van der Waals surface area contributed by atoms with Crippen LogP contribution in [0.3, 0.4) is 0 Å². The van der Waals surface area contributed by atoms with Gasteiger partial charge in [0.15, 0.2) is 0 Å². The maximum absolute atomic E-state index is 7.33. The van der Waals surface area contributed by atoms with E-state index < -0.39 is 0 Å². The Hall–Kier alpha value is -9.59. The molecule has 7 heteroatoms. The van der Waals surface area contributed by atoms with Gasteiger partial charge in [0.25, 0.3) is 0 Å². The van der Waals surface area contributed by atoms with Crippen LogP contribution < -0.4 is 4.74 Å². The number of aromatic nitrogens is 5. The summed E-state index contributed by atoms with van der Waals surface area (Å²) < 4.78 is 19.4. The molecule has 0 aliphatic heterocycles. The number of para-hydroxylation sites is 4. The zero-order chi connectivity index (χ0) is 57.7. The molecule has 14 aromatic rings. The minimum atomic E-state index is 0.182. The summed E-state index contributed by atoms with van der Waals surface area (Å²) in [6.45, 7) is 22.6. The third kappa shape index (κ3) is 8.84. The van der Waals surface area contributed by atoms with Crippen LogP contribution in [0.25, 0.3) is 122 Å². The zero-order valence-corrected chi connectivity index (χ0v) is 49.4. The lowest BCUT2D eigenvalue weighted by molar-refractivity contribution is 0.483. The van der Waals surface area contributed by atoms with Crippen LogP contribution in [0, 0.1) is 13.8 Å². The number of pyridine rings is 1. The summed E-state index contributed by atoms with van der Waals surface area (Å²) in [6, 6.07) is 71.8. The van der Waals surface area contributed by atoms with E-state index in [1.807, 2.05) is 6.07 Å². The molecule has 0 amide bonds. The maximum Gasteiger partial charge on any atom is 0.149 e. The van der Waals surface area contributed by atoms with Gasteiger partial charge < -0.3 is 9.15 Å². The molecular weight excluding hydrogens is 1030 g/mol. The molecule has 84 heavy (non-hydrogen) atoms. The van der Waals surface area contributed by atoms with E-state index in [2.05, 4.69) is 272 Å². The first-order valence-corrected chi connectivity index (χ1v) is 29.7. The van der Waals surface area contributed by atoms with Crippen molar-refractivity contribution in [2.45, 2.75) is 92.9 Å². The minimum Gasteiger partial charge on any atom is -0.457 e. The first-order valence-electron chi connectivity index (χ1n) is 29.7. The SMILES string of the molecule is Cc1cc2ccc3c(ccc4oc5c(-c6nc7ccccc7n6-c6c(C(C)C)cc(-c7ccccc7)cc6C(C)C)cc(Oc6cccc(-c7nc8ccccc8n7-c7c(C(C)C)cc(-c8ccccc8)cc7C(C)C)c6)cc5c43)c2c(C)n1. The van der Waals surface area contributed by atoms with Crippen molar-refractivity contribution in [2.24, 2.45) is 0 Å². The fourth-order valence-electron chi connectivity index (χ4n) is 13.0. The second-order valence-electron chi connectivity index (χ2n) is 24.0. The molecule has 0 bridgehead atoms. The van der Waals surface area contributed by atoms with Gasteiger partial charge in [-0.3, -0.25) is 14.1 Å². The average Bonchev–Trinajstić information content (AvgIpc) is 2.10. The van der Waals surface area contributed by atoms with Crippen LogP contribution in [-0.2, 0) is 0 Å². The van der Waals surface area contributed by atoms with E-state index in [9.17, 15) is 0 Å². The van der Waals surface area contributed by atoms with Crippen molar-refractivity contribution in [1.29, 1.82) is 0 Å². The first kappa shape index (κ1) is 52.5. The van der Waals surface area contributed by atoms with E-state index >= 15 is 0 Å². The number of rotatable bonds is 12. The number of hydrogen-bond donors (Lipinski definition) is 0. The standard InChI is InChI=1S/C77H67N5O2/c1-44(2)60-38-54(50-22-13-11-14-23-50)39-61(45(3)4)73(60)81-68-30-19-17-28-66(68)79-76(81)53-26-21-27-56(37-53)83-57-42-64-72-59-33-32-52-36-48(9)78-49(10)71(52)58(59)34-35-70(72)84-75(64)65(43-57)77-80-67-29-18-20-31-69(67)82(77)74-62(46(5)6)40-55(41-63(74)47(7)8)51-24-15-12-16-25-51/h11-47H,1-10H3. The molecular formula is C77H67N5O2.